The highest BCUT2D eigenvalue weighted by Crippen LogP contribution is 2.36. The predicted molar refractivity (Wildman–Crippen MR) is 200 cm³/mol. The molecule has 1 aromatic rings. The van der Waals surface area contributed by atoms with Crippen LogP contribution >= 0.6 is 0 Å². The van der Waals surface area contributed by atoms with E-state index in [9.17, 15) is 75.0 Å². The Labute approximate surface area is 352 Å². The van der Waals surface area contributed by atoms with E-state index >= 15 is 0 Å². The number of anilines is 1. The summed E-state index contributed by atoms with van der Waals surface area (Å²) in [6, 6.07) is 1.38. The van der Waals surface area contributed by atoms with Gasteiger partial charge in [0.05, 0.1) is 32.0 Å². The van der Waals surface area contributed by atoms with Crippen molar-refractivity contribution in [3.63, 3.8) is 0 Å². The number of ether oxygens (including phenoxy) is 6. The van der Waals surface area contributed by atoms with Crippen LogP contribution in [0.4, 0.5) is 5.69 Å². The summed E-state index contributed by atoms with van der Waals surface area (Å²) in [5.74, 6) is -7.93. The van der Waals surface area contributed by atoms with E-state index in [1.54, 1.807) is 0 Å². The number of carboxylic acid groups (broad SMARTS) is 2. The number of carboxylic acids is 2. The van der Waals surface area contributed by atoms with Crippen molar-refractivity contribution in [2.45, 2.75) is 137 Å². The first-order chi connectivity index (χ1) is 29.1. The van der Waals surface area contributed by atoms with Gasteiger partial charge in [-0.1, -0.05) is 0 Å². The maximum atomic E-state index is 12.6. The van der Waals surface area contributed by atoms with Crippen molar-refractivity contribution in [1.29, 1.82) is 0 Å². The maximum absolute atomic E-state index is 12.6. The number of aliphatic hydroxyl groups is 9. The fourth-order valence-electron chi connectivity index (χ4n) is 6.92. The second-order valence-corrected chi connectivity index (χ2v) is 14.9. The molecule has 0 radical (unpaired) electrons. The molecule has 3 saturated heterocycles. The van der Waals surface area contributed by atoms with E-state index in [1.807, 2.05) is 0 Å². The van der Waals surface area contributed by atoms with Gasteiger partial charge in [0, 0.05) is 32.4 Å². The van der Waals surface area contributed by atoms with Crippen molar-refractivity contribution in [1.82, 2.24) is 10.6 Å². The van der Waals surface area contributed by atoms with Gasteiger partial charge in [-0.3, -0.25) is 19.2 Å². The first-order valence-corrected chi connectivity index (χ1v) is 19.2. The topological polar surface area (TPSA) is 425 Å². The van der Waals surface area contributed by atoms with Gasteiger partial charge in [-0.15, -0.1) is 0 Å². The summed E-state index contributed by atoms with van der Waals surface area (Å²) < 4.78 is 34.3. The van der Waals surface area contributed by atoms with E-state index in [1.165, 1.54) is 24.3 Å². The summed E-state index contributed by atoms with van der Waals surface area (Å²) in [5.41, 5.74) is 5.72. The number of nitrogens with one attached hydrogen (secondary N) is 3. The fourth-order valence-corrected chi connectivity index (χ4v) is 6.92. The lowest BCUT2D eigenvalue weighted by Gasteiger charge is -2.48. The minimum absolute atomic E-state index is 0.0788. The van der Waals surface area contributed by atoms with Crippen LogP contribution in [0.3, 0.4) is 0 Å². The van der Waals surface area contributed by atoms with Gasteiger partial charge in [0.2, 0.25) is 24.0 Å². The second kappa shape index (κ2) is 21.9. The first kappa shape index (κ1) is 50.4. The van der Waals surface area contributed by atoms with Crippen molar-refractivity contribution in [2.75, 3.05) is 25.1 Å². The zero-order chi connectivity index (χ0) is 46.2. The Bertz CT molecular complexity index is 1690. The summed E-state index contributed by atoms with van der Waals surface area (Å²) in [4.78, 5) is 59.9. The molecule has 0 unspecified atom stereocenters. The van der Waals surface area contributed by atoms with Gasteiger partial charge < -0.3 is 106 Å². The highest BCUT2D eigenvalue weighted by molar-refractivity contribution is 5.91. The van der Waals surface area contributed by atoms with Crippen LogP contribution in [-0.2, 0) is 47.7 Å². The average Bonchev–Trinajstić information content (AvgIpc) is 3.22. The van der Waals surface area contributed by atoms with Crippen LogP contribution in [0.2, 0.25) is 0 Å². The van der Waals surface area contributed by atoms with Crippen molar-refractivity contribution in [2.24, 2.45) is 5.73 Å². The Hall–Kier alpha value is -4.23. The highest BCUT2D eigenvalue weighted by atomic mass is 16.8. The minimum Gasteiger partial charge on any atom is -0.480 e. The first-order valence-electron chi connectivity index (χ1n) is 19.2. The maximum Gasteiger partial charge on any atom is 0.364 e. The van der Waals surface area contributed by atoms with Gasteiger partial charge in [-0.2, -0.15) is 0 Å². The number of carbonyl (C=O) groups excluding carboxylic acids is 3. The molecule has 17 atom stereocenters. The summed E-state index contributed by atoms with van der Waals surface area (Å²) in [6.07, 6.45) is -25.6. The molecular formula is C36H54N4O22. The lowest BCUT2D eigenvalue weighted by molar-refractivity contribution is -0.357. The highest BCUT2D eigenvalue weighted by Gasteiger charge is 2.57. The van der Waals surface area contributed by atoms with Crippen LogP contribution in [0.1, 0.15) is 33.1 Å². The van der Waals surface area contributed by atoms with E-state index < -0.39 is 160 Å². The quantitative estimate of drug-likeness (QED) is 0.0613. The lowest BCUT2D eigenvalue weighted by atomic mass is 9.88. The molecule has 26 heteroatoms. The number of hydrogen-bond donors (Lipinski definition) is 15. The molecule has 0 spiro atoms. The normalized spacial score (nSPS) is 35.1. The van der Waals surface area contributed by atoms with E-state index in [-0.39, 0.29) is 24.3 Å². The molecule has 3 amide bonds. The van der Waals surface area contributed by atoms with Gasteiger partial charge in [-0.25, -0.2) is 4.79 Å². The van der Waals surface area contributed by atoms with E-state index in [4.69, 9.17) is 39.3 Å². The summed E-state index contributed by atoms with van der Waals surface area (Å²) in [5, 5.41) is 122. The van der Waals surface area contributed by atoms with Gasteiger partial charge >= 0.3 is 11.9 Å². The van der Waals surface area contributed by atoms with Crippen molar-refractivity contribution in [3.05, 3.63) is 24.3 Å². The molecule has 3 aliphatic heterocycles. The van der Waals surface area contributed by atoms with Crippen molar-refractivity contribution < 1.29 is 109 Å². The molecule has 0 aromatic heterocycles. The Balaban J connectivity index is 1.49. The lowest BCUT2D eigenvalue weighted by Crippen LogP contribution is -2.69. The smallest absolute Gasteiger partial charge is 0.364 e. The van der Waals surface area contributed by atoms with E-state index in [2.05, 4.69) is 16.0 Å². The fraction of sp³-hybridized carbons (Fsp3) is 0.694. The molecule has 3 heterocycles. The molecule has 1 aromatic carbocycles. The molecule has 4 rings (SSSR count). The van der Waals surface area contributed by atoms with Crippen LogP contribution in [0.15, 0.2) is 24.3 Å². The molecule has 0 saturated carbocycles. The summed E-state index contributed by atoms with van der Waals surface area (Å²) >= 11 is 0. The number of aliphatic hydroxyl groups excluding tert-OH is 9. The molecule has 3 fully saturated rings. The number of rotatable bonds is 19. The zero-order valence-electron chi connectivity index (χ0n) is 33.3. The Morgan fingerprint density at radius 2 is 1.47 bits per heavy atom. The van der Waals surface area contributed by atoms with Gasteiger partial charge in [0.15, 0.2) is 6.29 Å². The number of hydrogen-bond acceptors (Lipinski definition) is 21. The van der Waals surface area contributed by atoms with Crippen LogP contribution in [0.5, 0.6) is 5.75 Å². The second-order valence-electron chi connectivity index (χ2n) is 14.9. The Morgan fingerprint density at radius 1 is 0.855 bits per heavy atom. The summed E-state index contributed by atoms with van der Waals surface area (Å²) in [7, 11) is 0. The number of carbonyl (C=O) groups is 5. The number of amides is 3. The van der Waals surface area contributed by atoms with Crippen LogP contribution in [0, 0.1) is 0 Å². The average molecular weight is 895 g/mol. The van der Waals surface area contributed by atoms with Gasteiger partial charge in [0.25, 0.3) is 5.79 Å². The zero-order valence-corrected chi connectivity index (χ0v) is 33.3. The minimum atomic E-state index is -2.89. The molecule has 350 valence electrons. The van der Waals surface area contributed by atoms with E-state index in [0.29, 0.717) is 0 Å². The SMILES string of the molecule is CC(=O)N[C@H]1[C@@H](Oc2ccc(NC(=O)CC[C@H](N)C(=O)O)cc2)O[C@H](CO)[C@H](O[C@@H]2O[C@H](CO[C@]3(C(=O)O)C[C@H](O)[C@@H](NC(C)=O)[C@H]([C@H](O)[C@H](O)CO)O3)[C@H](O)[C@H](O)[C@H]2O)[C@@H]1O. The summed E-state index contributed by atoms with van der Waals surface area (Å²) in [6.45, 7) is -0.796. The Kier molecular flexibility index (Phi) is 17.8. The monoisotopic (exact) mass is 894 g/mol. The molecule has 0 aliphatic carbocycles. The van der Waals surface area contributed by atoms with Crippen LogP contribution in [-0.4, -0.2) is 209 Å². The van der Waals surface area contributed by atoms with Crippen molar-refractivity contribution in [3.8, 4) is 5.75 Å². The largest absolute Gasteiger partial charge is 0.480 e. The number of benzene rings is 1. The molecule has 62 heavy (non-hydrogen) atoms. The molecule has 0 bridgehead atoms. The third kappa shape index (κ3) is 12.3. The molecular weight excluding hydrogens is 840 g/mol. The standard InChI is InChI=1S/C36H54N4O22/c1-13(43)38-23-18(45)9-36(35(55)56,62-31(23)25(48)19(46)10-41)57-12-21-26(49)28(51)29(52)34(60-21)61-30-20(11-42)59-33(24(27(30)50)39-14(2)44)58-16-5-3-15(4-6-16)40-22(47)8-7-17(37)32(53)54/h3-6,17-21,23-31,33-34,41-42,45-46,48-52H,7-12,37H2,1-2H3,(H,38,43)(H,39,44)(H,40,47)(H,53,54)(H,55,56)/t17-,18-,19+,20+,21+,23+,24+,25+,26-,27+,28-,29+,30-,31+,33-,34-,36+/m0/s1. The third-order valence-corrected chi connectivity index (χ3v) is 10.2. The van der Waals surface area contributed by atoms with Gasteiger partial charge in [-0.05, 0) is 30.7 Å². The van der Waals surface area contributed by atoms with Crippen molar-refractivity contribution >= 4 is 35.3 Å². The molecule has 3 aliphatic rings. The van der Waals surface area contributed by atoms with E-state index in [0.717, 1.165) is 13.8 Å². The van der Waals surface area contributed by atoms with Crippen LogP contribution in [0.25, 0.3) is 0 Å². The third-order valence-electron chi connectivity index (χ3n) is 10.2. The molecule has 16 N–H and O–H groups in total. The van der Waals surface area contributed by atoms with Gasteiger partial charge in [0.1, 0.15) is 78.9 Å². The molecule has 26 nitrogen and oxygen atoms in total. The Morgan fingerprint density at radius 3 is 2.03 bits per heavy atom. The predicted octanol–water partition coefficient (Wildman–Crippen LogP) is -6.86. The number of aliphatic carboxylic acids is 2. The van der Waals surface area contributed by atoms with Crippen LogP contribution < -0.4 is 26.4 Å². The number of nitrogens with two attached hydrogens (primary N) is 1.